The van der Waals surface area contributed by atoms with Crippen molar-refractivity contribution in [2.45, 2.75) is 25.8 Å². The molecule has 8 nitrogen and oxygen atoms in total. The van der Waals surface area contributed by atoms with Gasteiger partial charge in [-0.1, -0.05) is 0 Å². The number of ether oxygens (including phenoxy) is 1. The van der Waals surface area contributed by atoms with Crippen LogP contribution in [-0.4, -0.2) is 39.4 Å². The maximum Gasteiger partial charge on any atom is 0.231 e. The molecule has 0 spiro atoms. The predicted molar refractivity (Wildman–Crippen MR) is 115 cm³/mol. The van der Waals surface area contributed by atoms with E-state index in [9.17, 15) is 0 Å². The number of nitrogens with one attached hydrogen (secondary N) is 1. The molecule has 4 heterocycles. The summed E-state index contributed by atoms with van der Waals surface area (Å²) >= 11 is 0. The van der Waals surface area contributed by atoms with Crippen LogP contribution < -0.4 is 15.8 Å². The van der Waals surface area contributed by atoms with Crippen molar-refractivity contribution in [3.8, 4) is 28.3 Å². The number of anilines is 1. The Balaban J connectivity index is 1.48. The highest BCUT2D eigenvalue weighted by Gasteiger charge is 2.18. The molecule has 1 aromatic carbocycles. The van der Waals surface area contributed by atoms with Crippen molar-refractivity contribution in [2.24, 2.45) is 0 Å². The van der Waals surface area contributed by atoms with Gasteiger partial charge in [0.05, 0.1) is 24.4 Å². The fraction of sp³-hybridized carbons (Fsp3) is 0.318. The molecule has 1 saturated heterocycles. The number of hydrogen-bond donors (Lipinski definition) is 2. The average Bonchev–Trinajstić information content (AvgIpc) is 3.42. The zero-order chi connectivity index (χ0) is 20.5. The van der Waals surface area contributed by atoms with E-state index < -0.39 is 0 Å². The maximum absolute atomic E-state index is 6.16. The molecule has 3 aromatic heterocycles. The van der Waals surface area contributed by atoms with E-state index in [0.29, 0.717) is 35.5 Å². The number of nitrogen functional groups attached to an aromatic ring is 1. The van der Waals surface area contributed by atoms with Gasteiger partial charge in [-0.15, -0.1) is 0 Å². The third-order valence-corrected chi connectivity index (χ3v) is 5.44. The number of rotatable bonds is 5. The lowest BCUT2D eigenvalue weighted by molar-refractivity contribution is 0.340. The molecule has 8 heteroatoms. The summed E-state index contributed by atoms with van der Waals surface area (Å²) in [5, 5.41) is 7.97. The van der Waals surface area contributed by atoms with Gasteiger partial charge in [0, 0.05) is 29.6 Å². The smallest absolute Gasteiger partial charge is 0.231 e. The van der Waals surface area contributed by atoms with Gasteiger partial charge in [0.25, 0.3) is 0 Å². The third kappa shape index (κ3) is 3.50. The highest BCUT2D eigenvalue weighted by Crippen LogP contribution is 2.32. The first-order chi connectivity index (χ1) is 14.7. The van der Waals surface area contributed by atoms with Crippen molar-refractivity contribution >= 4 is 16.9 Å². The highest BCUT2D eigenvalue weighted by molar-refractivity contribution is 5.81. The quantitative estimate of drug-likeness (QED) is 0.523. The second-order valence-corrected chi connectivity index (χ2v) is 7.43. The molecular formula is C22H24N6O2. The van der Waals surface area contributed by atoms with Crippen LogP contribution in [0.1, 0.15) is 25.8 Å². The Morgan fingerprint density at radius 1 is 1.20 bits per heavy atom. The molecule has 154 valence electrons. The van der Waals surface area contributed by atoms with Gasteiger partial charge in [-0.2, -0.15) is 5.10 Å². The maximum atomic E-state index is 6.16. The Morgan fingerprint density at radius 2 is 2.07 bits per heavy atom. The van der Waals surface area contributed by atoms with Gasteiger partial charge in [0.1, 0.15) is 17.1 Å². The van der Waals surface area contributed by atoms with E-state index in [1.807, 2.05) is 37.4 Å². The number of fused-ring (bicyclic) bond motifs is 1. The molecule has 0 aliphatic carbocycles. The summed E-state index contributed by atoms with van der Waals surface area (Å²) in [6, 6.07) is 7.99. The highest BCUT2D eigenvalue weighted by atomic mass is 16.5. The average molecular weight is 404 g/mol. The van der Waals surface area contributed by atoms with Crippen LogP contribution in [0.25, 0.3) is 33.7 Å². The Kier molecular flexibility index (Phi) is 4.84. The number of nitrogens with two attached hydrogens (primary N) is 1. The molecule has 0 radical (unpaired) electrons. The minimum absolute atomic E-state index is 0.376. The molecule has 0 amide bonds. The third-order valence-electron chi connectivity index (χ3n) is 5.44. The number of piperidine rings is 1. The van der Waals surface area contributed by atoms with Crippen LogP contribution in [-0.2, 0) is 0 Å². The summed E-state index contributed by atoms with van der Waals surface area (Å²) < 4.78 is 13.6. The molecule has 1 aliphatic rings. The lowest BCUT2D eigenvalue weighted by Crippen LogP contribution is -2.29. The van der Waals surface area contributed by atoms with Crippen molar-refractivity contribution < 1.29 is 9.15 Å². The Labute approximate surface area is 174 Å². The first-order valence-electron chi connectivity index (χ1n) is 10.3. The van der Waals surface area contributed by atoms with Crippen LogP contribution in [0, 0.1) is 0 Å². The summed E-state index contributed by atoms with van der Waals surface area (Å²) in [7, 11) is 0. The van der Waals surface area contributed by atoms with Gasteiger partial charge in [0.15, 0.2) is 5.58 Å². The van der Waals surface area contributed by atoms with Gasteiger partial charge in [-0.25, -0.2) is 9.97 Å². The van der Waals surface area contributed by atoms with Crippen LogP contribution in [0.15, 0.2) is 47.3 Å². The monoisotopic (exact) mass is 404 g/mol. The molecule has 3 N–H and O–H groups in total. The minimum Gasteiger partial charge on any atom is -0.494 e. The van der Waals surface area contributed by atoms with E-state index in [0.717, 1.165) is 48.3 Å². The number of pyridine rings is 1. The van der Waals surface area contributed by atoms with E-state index in [-0.39, 0.29) is 0 Å². The standard InChI is InChI=1S/C22H24N6O2/c1-2-29-17-3-4-19-20(10-17)30-22(27-19)18-9-14(11-25-21(18)23)15-12-26-28(13-15)16-5-7-24-8-6-16/h3-4,9-13,16,24H,2,5-8H2,1H3,(H2,23,25). The van der Waals surface area contributed by atoms with Gasteiger partial charge >= 0.3 is 0 Å². The van der Waals surface area contributed by atoms with Gasteiger partial charge in [0.2, 0.25) is 5.89 Å². The fourth-order valence-electron chi connectivity index (χ4n) is 3.84. The van der Waals surface area contributed by atoms with Crippen molar-refractivity contribution in [3.05, 3.63) is 42.9 Å². The Bertz CT molecular complexity index is 1180. The van der Waals surface area contributed by atoms with E-state index in [4.69, 9.17) is 14.9 Å². The largest absolute Gasteiger partial charge is 0.494 e. The molecule has 1 fully saturated rings. The molecule has 1 aliphatic heterocycles. The number of hydrogen-bond acceptors (Lipinski definition) is 7. The van der Waals surface area contributed by atoms with Crippen LogP contribution >= 0.6 is 0 Å². The zero-order valence-corrected chi connectivity index (χ0v) is 16.8. The number of aromatic nitrogens is 4. The van der Waals surface area contributed by atoms with Crippen molar-refractivity contribution in [1.82, 2.24) is 25.1 Å². The molecule has 0 saturated carbocycles. The van der Waals surface area contributed by atoms with Gasteiger partial charge < -0.3 is 20.2 Å². The van der Waals surface area contributed by atoms with Crippen LogP contribution in [0.4, 0.5) is 5.82 Å². The van der Waals surface area contributed by atoms with Crippen LogP contribution in [0.5, 0.6) is 5.75 Å². The Morgan fingerprint density at radius 3 is 2.90 bits per heavy atom. The molecule has 0 atom stereocenters. The van der Waals surface area contributed by atoms with Crippen LogP contribution in [0.3, 0.4) is 0 Å². The van der Waals surface area contributed by atoms with E-state index in [1.54, 1.807) is 6.20 Å². The normalized spacial score (nSPS) is 15.0. The molecule has 4 aromatic rings. The summed E-state index contributed by atoms with van der Waals surface area (Å²) in [5.74, 6) is 1.57. The van der Waals surface area contributed by atoms with Gasteiger partial charge in [-0.3, -0.25) is 4.68 Å². The summed E-state index contributed by atoms with van der Waals surface area (Å²) in [5.41, 5.74) is 10.1. The molecular weight excluding hydrogens is 380 g/mol. The number of benzene rings is 1. The molecule has 0 unspecified atom stereocenters. The lowest BCUT2D eigenvalue weighted by atomic mass is 10.1. The van der Waals surface area contributed by atoms with E-state index in [2.05, 4.69) is 31.3 Å². The number of nitrogens with zero attached hydrogens (tertiary/aromatic N) is 4. The predicted octanol–water partition coefficient (Wildman–Crippen LogP) is 3.66. The molecule has 30 heavy (non-hydrogen) atoms. The first-order valence-corrected chi connectivity index (χ1v) is 10.3. The summed E-state index contributed by atoms with van der Waals surface area (Å²) in [6.07, 6.45) is 7.88. The SMILES string of the molecule is CCOc1ccc2nc(-c3cc(-c4cnn(C5CCNCC5)c4)cnc3N)oc2c1. The number of oxazole rings is 1. The van der Waals surface area contributed by atoms with Gasteiger partial charge in [-0.05, 0) is 51.1 Å². The summed E-state index contributed by atoms with van der Waals surface area (Å²) in [6.45, 7) is 4.59. The second-order valence-electron chi connectivity index (χ2n) is 7.43. The Hall–Kier alpha value is -3.39. The summed E-state index contributed by atoms with van der Waals surface area (Å²) in [4.78, 5) is 8.97. The lowest BCUT2D eigenvalue weighted by Gasteiger charge is -2.22. The zero-order valence-electron chi connectivity index (χ0n) is 16.8. The molecule has 5 rings (SSSR count). The van der Waals surface area contributed by atoms with Crippen LogP contribution in [0.2, 0.25) is 0 Å². The fourth-order valence-corrected chi connectivity index (χ4v) is 3.84. The van der Waals surface area contributed by atoms with Crippen molar-refractivity contribution in [2.75, 3.05) is 25.4 Å². The van der Waals surface area contributed by atoms with E-state index in [1.165, 1.54) is 0 Å². The second kappa shape index (κ2) is 7.79. The topological polar surface area (TPSA) is 104 Å². The minimum atomic E-state index is 0.376. The molecule has 0 bridgehead atoms. The van der Waals surface area contributed by atoms with E-state index >= 15 is 0 Å². The van der Waals surface area contributed by atoms with Crippen molar-refractivity contribution in [3.63, 3.8) is 0 Å². The first kappa shape index (κ1) is 18.6. The van der Waals surface area contributed by atoms with Crippen molar-refractivity contribution in [1.29, 1.82) is 0 Å².